The highest BCUT2D eigenvalue weighted by molar-refractivity contribution is 5.89. The number of imidazole rings is 1. The molecule has 1 saturated heterocycles. The summed E-state index contributed by atoms with van der Waals surface area (Å²) in [6, 6.07) is 15.3. The van der Waals surface area contributed by atoms with Crippen molar-refractivity contribution in [1.82, 2.24) is 14.9 Å². The molecule has 0 saturated carbocycles. The Kier molecular flexibility index (Phi) is 5.28. The van der Waals surface area contributed by atoms with Gasteiger partial charge in [-0.05, 0) is 56.2 Å². The lowest BCUT2D eigenvalue weighted by Gasteiger charge is -2.31. The van der Waals surface area contributed by atoms with Crippen LogP contribution in [0.2, 0.25) is 0 Å². The molecule has 3 aromatic rings. The van der Waals surface area contributed by atoms with E-state index in [9.17, 15) is 4.79 Å². The number of rotatable bonds is 4. The number of nitrogens with one attached hydrogen (secondary N) is 2. The summed E-state index contributed by atoms with van der Waals surface area (Å²) in [5.74, 6) is 1.98. The fraction of sp³-hybridized carbons (Fsp3) is 0.273. The predicted molar refractivity (Wildman–Crippen MR) is 109 cm³/mol. The van der Waals surface area contributed by atoms with Crippen LogP contribution in [0.15, 0.2) is 61.1 Å². The molecule has 0 spiro atoms. The molecule has 0 bridgehead atoms. The number of urea groups is 1. The van der Waals surface area contributed by atoms with Crippen molar-refractivity contribution in [3.63, 3.8) is 0 Å². The molecule has 2 heterocycles. The first-order valence-electron chi connectivity index (χ1n) is 9.56. The maximum absolute atomic E-state index is 12.5. The highest BCUT2D eigenvalue weighted by Gasteiger charge is 2.24. The highest BCUT2D eigenvalue weighted by atomic mass is 16.5. The van der Waals surface area contributed by atoms with Gasteiger partial charge in [-0.25, -0.2) is 9.78 Å². The molecule has 6 nitrogen and oxygen atoms in total. The first-order chi connectivity index (χ1) is 13.7. The molecule has 4 rings (SSSR count). The van der Waals surface area contributed by atoms with E-state index in [-0.39, 0.29) is 6.03 Å². The van der Waals surface area contributed by atoms with E-state index in [1.165, 1.54) is 5.56 Å². The first kappa shape index (κ1) is 18.1. The zero-order chi connectivity index (χ0) is 19.3. The zero-order valence-corrected chi connectivity index (χ0v) is 15.9. The average Bonchev–Trinajstić information content (AvgIpc) is 3.26. The minimum absolute atomic E-state index is 0.0599. The standard InChI is InChI=1S/C22H24N4O2/c1-16-2-6-19(7-3-16)28-20-8-4-18(5-9-20)25-22(27)26-12-10-17(11-13-26)21-14-23-15-24-21/h2-9,14-15,17H,10-13H2,1H3,(H,23,24)(H,25,27). The molecular formula is C22H24N4O2. The third-order valence-corrected chi connectivity index (χ3v) is 5.10. The van der Waals surface area contributed by atoms with Gasteiger partial charge in [0.1, 0.15) is 11.5 Å². The van der Waals surface area contributed by atoms with Crippen LogP contribution in [0.1, 0.15) is 30.0 Å². The van der Waals surface area contributed by atoms with Gasteiger partial charge in [-0.3, -0.25) is 0 Å². The summed E-state index contributed by atoms with van der Waals surface area (Å²) in [6.07, 6.45) is 5.47. The number of aromatic nitrogens is 2. The van der Waals surface area contributed by atoms with Crippen LogP contribution >= 0.6 is 0 Å². The second-order valence-corrected chi connectivity index (χ2v) is 7.14. The summed E-state index contributed by atoms with van der Waals surface area (Å²) in [4.78, 5) is 21.7. The van der Waals surface area contributed by atoms with Gasteiger partial charge in [0.15, 0.2) is 0 Å². The largest absolute Gasteiger partial charge is 0.457 e. The second kappa shape index (κ2) is 8.17. The number of benzene rings is 2. The number of carbonyl (C=O) groups is 1. The van der Waals surface area contributed by atoms with Crippen LogP contribution in [0.25, 0.3) is 0 Å². The normalized spacial score (nSPS) is 14.7. The van der Waals surface area contributed by atoms with Crippen LogP contribution in [0, 0.1) is 6.92 Å². The van der Waals surface area contributed by atoms with E-state index in [0.29, 0.717) is 5.92 Å². The predicted octanol–water partition coefficient (Wildman–Crippen LogP) is 4.92. The highest BCUT2D eigenvalue weighted by Crippen LogP contribution is 2.27. The van der Waals surface area contributed by atoms with Gasteiger partial charge in [-0.1, -0.05) is 17.7 Å². The fourth-order valence-electron chi connectivity index (χ4n) is 3.43. The Bertz CT molecular complexity index is 897. The molecule has 1 aliphatic heterocycles. The maximum atomic E-state index is 12.5. The van der Waals surface area contributed by atoms with Crippen LogP contribution in [-0.2, 0) is 0 Å². The molecule has 0 unspecified atom stereocenters. The van der Waals surface area contributed by atoms with Crippen LogP contribution < -0.4 is 10.1 Å². The third kappa shape index (κ3) is 4.34. The fourth-order valence-corrected chi connectivity index (χ4v) is 3.43. The lowest BCUT2D eigenvalue weighted by atomic mass is 9.94. The zero-order valence-electron chi connectivity index (χ0n) is 15.9. The first-order valence-corrected chi connectivity index (χ1v) is 9.56. The van der Waals surface area contributed by atoms with Gasteiger partial charge < -0.3 is 19.9 Å². The molecule has 1 aliphatic rings. The Balaban J connectivity index is 1.29. The number of nitrogens with zero attached hydrogens (tertiary/aromatic N) is 2. The van der Waals surface area contributed by atoms with Crippen molar-refractivity contribution in [1.29, 1.82) is 0 Å². The van der Waals surface area contributed by atoms with E-state index in [0.717, 1.165) is 48.8 Å². The molecule has 1 fully saturated rings. The van der Waals surface area contributed by atoms with Crippen molar-refractivity contribution in [3.05, 3.63) is 72.3 Å². The molecule has 1 aromatic heterocycles. The molecule has 2 N–H and O–H groups in total. The summed E-state index contributed by atoms with van der Waals surface area (Å²) in [5, 5.41) is 2.97. The van der Waals surface area contributed by atoms with Crippen LogP contribution in [0.3, 0.4) is 0 Å². The van der Waals surface area contributed by atoms with Gasteiger partial charge in [-0.2, -0.15) is 0 Å². The van der Waals surface area contributed by atoms with Crippen LogP contribution in [-0.4, -0.2) is 34.0 Å². The number of aryl methyl sites for hydroxylation is 1. The number of amides is 2. The number of ether oxygens (including phenoxy) is 1. The van der Waals surface area contributed by atoms with Crippen molar-refractivity contribution in [2.75, 3.05) is 18.4 Å². The Labute approximate surface area is 164 Å². The summed E-state index contributed by atoms with van der Waals surface area (Å²) in [7, 11) is 0. The molecule has 2 aromatic carbocycles. The minimum Gasteiger partial charge on any atom is -0.457 e. The molecule has 0 aliphatic carbocycles. The van der Waals surface area contributed by atoms with Gasteiger partial charge in [0.2, 0.25) is 0 Å². The summed E-state index contributed by atoms with van der Waals surface area (Å²) < 4.78 is 5.83. The van der Waals surface area contributed by atoms with Crippen molar-refractivity contribution in [2.45, 2.75) is 25.7 Å². The summed E-state index contributed by atoms with van der Waals surface area (Å²) in [6.45, 7) is 3.52. The van der Waals surface area contributed by atoms with E-state index in [2.05, 4.69) is 15.3 Å². The van der Waals surface area contributed by atoms with E-state index >= 15 is 0 Å². The summed E-state index contributed by atoms with van der Waals surface area (Å²) >= 11 is 0. The molecule has 6 heteroatoms. The Morgan fingerprint density at radius 2 is 1.71 bits per heavy atom. The number of H-pyrrole nitrogens is 1. The lowest BCUT2D eigenvalue weighted by Crippen LogP contribution is -2.40. The molecular weight excluding hydrogens is 352 g/mol. The van der Waals surface area contributed by atoms with Crippen molar-refractivity contribution in [3.8, 4) is 11.5 Å². The van der Waals surface area contributed by atoms with Crippen molar-refractivity contribution >= 4 is 11.7 Å². The molecule has 2 amide bonds. The van der Waals surface area contributed by atoms with E-state index in [1.807, 2.05) is 66.6 Å². The molecule has 0 atom stereocenters. The van der Waals surface area contributed by atoms with Crippen molar-refractivity contribution in [2.24, 2.45) is 0 Å². The van der Waals surface area contributed by atoms with Crippen LogP contribution in [0.5, 0.6) is 11.5 Å². The van der Waals surface area contributed by atoms with E-state index < -0.39 is 0 Å². The average molecular weight is 376 g/mol. The quantitative estimate of drug-likeness (QED) is 0.679. The monoisotopic (exact) mass is 376 g/mol. The number of carbonyl (C=O) groups excluding carboxylic acids is 1. The molecule has 144 valence electrons. The van der Waals surface area contributed by atoms with Gasteiger partial charge in [0.05, 0.1) is 6.33 Å². The number of piperidine rings is 1. The lowest BCUT2D eigenvalue weighted by molar-refractivity contribution is 0.194. The Morgan fingerprint density at radius 3 is 2.32 bits per heavy atom. The van der Waals surface area contributed by atoms with E-state index in [4.69, 9.17) is 4.74 Å². The van der Waals surface area contributed by atoms with Gasteiger partial charge in [0.25, 0.3) is 0 Å². The minimum atomic E-state index is -0.0599. The Hall–Kier alpha value is -3.28. The van der Waals surface area contributed by atoms with Gasteiger partial charge in [-0.15, -0.1) is 0 Å². The summed E-state index contributed by atoms with van der Waals surface area (Å²) in [5.41, 5.74) is 3.11. The Morgan fingerprint density at radius 1 is 1.07 bits per heavy atom. The molecule has 28 heavy (non-hydrogen) atoms. The van der Waals surface area contributed by atoms with Crippen molar-refractivity contribution < 1.29 is 9.53 Å². The second-order valence-electron chi connectivity index (χ2n) is 7.14. The topological polar surface area (TPSA) is 70.2 Å². The van der Waals surface area contributed by atoms with Gasteiger partial charge in [0, 0.05) is 36.6 Å². The number of likely N-dealkylation sites (tertiary alicyclic amines) is 1. The number of aromatic amines is 1. The maximum Gasteiger partial charge on any atom is 0.321 e. The SMILES string of the molecule is Cc1ccc(Oc2ccc(NC(=O)N3CCC(c4cnc[nH]4)CC3)cc2)cc1. The number of hydrogen-bond acceptors (Lipinski definition) is 3. The smallest absolute Gasteiger partial charge is 0.321 e. The van der Waals surface area contributed by atoms with Crippen LogP contribution in [0.4, 0.5) is 10.5 Å². The van der Waals surface area contributed by atoms with E-state index in [1.54, 1.807) is 6.33 Å². The molecule has 0 radical (unpaired) electrons. The number of anilines is 1. The third-order valence-electron chi connectivity index (χ3n) is 5.10. The van der Waals surface area contributed by atoms with Gasteiger partial charge >= 0.3 is 6.03 Å². The number of hydrogen-bond donors (Lipinski definition) is 2.